The quantitative estimate of drug-likeness (QED) is 0.417. The lowest BCUT2D eigenvalue weighted by Crippen LogP contribution is -2.48. The topological polar surface area (TPSA) is 79.0 Å². The molecule has 0 aliphatic carbocycles. The molecule has 36 heavy (non-hydrogen) atoms. The number of nitrogens with one attached hydrogen (secondary N) is 1. The van der Waals surface area contributed by atoms with Crippen LogP contribution in [0.2, 0.25) is 0 Å². The Morgan fingerprint density at radius 3 is 2.19 bits per heavy atom. The molecule has 1 N–H and O–H groups in total. The molecule has 8 heteroatoms. The van der Waals surface area contributed by atoms with E-state index < -0.39 is 10.0 Å². The number of fused-ring (bicyclic) bond motifs is 1. The van der Waals surface area contributed by atoms with Crippen molar-refractivity contribution in [3.63, 3.8) is 0 Å². The van der Waals surface area contributed by atoms with E-state index in [0.717, 1.165) is 22.2 Å². The number of para-hydroxylation sites is 2. The Morgan fingerprint density at radius 1 is 0.806 bits per heavy atom. The summed E-state index contributed by atoms with van der Waals surface area (Å²) in [4.78, 5) is 17.3. The van der Waals surface area contributed by atoms with Crippen molar-refractivity contribution in [1.82, 2.24) is 4.90 Å². The lowest BCUT2D eigenvalue weighted by Gasteiger charge is -2.36. The first-order valence-electron chi connectivity index (χ1n) is 11.7. The second kappa shape index (κ2) is 9.91. The number of hydrogen-bond donors (Lipinski definition) is 1. The van der Waals surface area contributed by atoms with E-state index in [9.17, 15) is 13.2 Å². The minimum atomic E-state index is -3.76. The lowest BCUT2D eigenvalue weighted by atomic mass is 10.1. The van der Waals surface area contributed by atoms with Gasteiger partial charge in [-0.1, -0.05) is 42.5 Å². The first-order valence-corrected chi connectivity index (χ1v) is 13.2. The molecule has 1 aliphatic heterocycles. The number of sulfonamides is 1. The van der Waals surface area contributed by atoms with Crippen LogP contribution < -0.4 is 14.4 Å². The Bertz CT molecular complexity index is 1500. The normalized spacial score (nSPS) is 14.0. The van der Waals surface area contributed by atoms with Gasteiger partial charge in [-0.15, -0.1) is 0 Å². The van der Waals surface area contributed by atoms with Crippen LogP contribution in [-0.2, 0) is 10.0 Å². The summed E-state index contributed by atoms with van der Waals surface area (Å²) in [6, 6.07) is 27.1. The van der Waals surface area contributed by atoms with Gasteiger partial charge in [0, 0.05) is 37.4 Å². The molecule has 1 saturated heterocycles. The smallest absolute Gasteiger partial charge is 0.261 e. The molecule has 1 fully saturated rings. The maximum absolute atomic E-state index is 13.1. The van der Waals surface area contributed by atoms with E-state index in [1.807, 2.05) is 53.4 Å². The van der Waals surface area contributed by atoms with Crippen molar-refractivity contribution >= 4 is 38.1 Å². The van der Waals surface area contributed by atoms with Crippen LogP contribution in [0.3, 0.4) is 0 Å². The first kappa shape index (κ1) is 23.7. The minimum Gasteiger partial charge on any atom is -0.495 e. The number of nitrogens with zero attached hydrogens (tertiary/aromatic N) is 2. The minimum absolute atomic E-state index is 0.0707. The average molecular weight is 502 g/mol. The van der Waals surface area contributed by atoms with E-state index in [1.165, 1.54) is 0 Å². The SMILES string of the molecule is COc1ccccc1N1CCN(C(=O)c2ccc(NS(=O)(=O)c3ccc4ccccc4c3)cc2)CC1. The standard InChI is InChI=1S/C28H27N3O4S/c1-35-27-9-5-4-8-26(27)30-16-18-31(19-17-30)28(32)22-10-13-24(14-11-22)29-36(33,34)25-15-12-21-6-2-3-7-23(21)20-25/h2-15,20,29H,16-19H2,1H3. The van der Waals surface area contributed by atoms with Gasteiger partial charge in [0.1, 0.15) is 5.75 Å². The molecular formula is C28H27N3O4S. The summed E-state index contributed by atoms with van der Waals surface area (Å²) < 4.78 is 33.9. The van der Waals surface area contributed by atoms with Crippen LogP contribution >= 0.6 is 0 Å². The van der Waals surface area contributed by atoms with Crippen molar-refractivity contribution in [1.29, 1.82) is 0 Å². The number of rotatable bonds is 6. The number of piperazine rings is 1. The molecule has 4 aromatic rings. The molecule has 1 heterocycles. The van der Waals surface area contributed by atoms with Crippen molar-refractivity contribution in [3.8, 4) is 5.75 Å². The van der Waals surface area contributed by atoms with Gasteiger partial charge in [-0.2, -0.15) is 0 Å². The number of amides is 1. The molecule has 5 rings (SSSR count). The molecule has 0 radical (unpaired) electrons. The molecule has 1 aliphatic rings. The molecule has 0 atom stereocenters. The van der Waals surface area contributed by atoms with Crippen LogP contribution in [0, 0.1) is 0 Å². The van der Waals surface area contributed by atoms with E-state index >= 15 is 0 Å². The summed E-state index contributed by atoms with van der Waals surface area (Å²) in [5.41, 5.74) is 1.95. The molecule has 1 amide bonds. The van der Waals surface area contributed by atoms with E-state index in [1.54, 1.807) is 49.6 Å². The van der Waals surface area contributed by atoms with Gasteiger partial charge in [0.05, 0.1) is 17.7 Å². The molecular weight excluding hydrogens is 474 g/mol. The summed E-state index contributed by atoms with van der Waals surface area (Å²) >= 11 is 0. The van der Waals surface area contributed by atoms with Gasteiger partial charge >= 0.3 is 0 Å². The Hall–Kier alpha value is -4.04. The second-order valence-corrected chi connectivity index (χ2v) is 10.3. The molecule has 184 valence electrons. The third kappa shape index (κ3) is 4.85. The number of methoxy groups -OCH3 is 1. The third-order valence-electron chi connectivity index (χ3n) is 6.41. The van der Waals surface area contributed by atoms with Crippen molar-refractivity contribution in [2.75, 3.05) is 42.9 Å². The Kier molecular flexibility index (Phi) is 6.52. The van der Waals surface area contributed by atoms with Crippen molar-refractivity contribution in [2.24, 2.45) is 0 Å². The second-order valence-electron chi connectivity index (χ2n) is 8.64. The lowest BCUT2D eigenvalue weighted by molar-refractivity contribution is 0.0746. The summed E-state index contributed by atoms with van der Waals surface area (Å²) in [6.07, 6.45) is 0. The first-order chi connectivity index (χ1) is 17.4. The van der Waals surface area contributed by atoms with Gasteiger partial charge < -0.3 is 14.5 Å². The van der Waals surface area contributed by atoms with Crippen LogP contribution in [0.25, 0.3) is 10.8 Å². The number of carbonyl (C=O) groups is 1. The van der Waals surface area contributed by atoms with Crippen molar-refractivity contribution in [3.05, 3.63) is 96.6 Å². The monoisotopic (exact) mass is 501 g/mol. The van der Waals surface area contributed by atoms with Crippen LogP contribution in [0.15, 0.2) is 95.9 Å². The average Bonchev–Trinajstić information content (AvgIpc) is 2.92. The van der Waals surface area contributed by atoms with Gasteiger partial charge in [-0.05, 0) is 59.3 Å². The van der Waals surface area contributed by atoms with Gasteiger partial charge in [0.2, 0.25) is 0 Å². The summed E-state index contributed by atoms with van der Waals surface area (Å²) in [7, 11) is -2.10. The predicted molar refractivity (Wildman–Crippen MR) is 142 cm³/mol. The molecule has 0 spiro atoms. The van der Waals surface area contributed by atoms with Crippen molar-refractivity contribution in [2.45, 2.75) is 4.90 Å². The largest absolute Gasteiger partial charge is 0.495 e. The predicted octanol–water partition coefficient (Wildman–Crippen LogP) is 4.61. The van der Waals surface area contributed by atoms with Gasteiger partial charge in [0.15, 0.2) is 0 Å². The number of benzene rings is 4. The number of ether oxygens (including phenoxy) is 1. The highest BCUT2D eigenvalue weighted by atomic mass is 32.2. The molecule has 7 nitrogen and oxygen atoms in total. The number of hydrogen-bond acceptors (Lipinski definition) is 5. The van der Waals surface area contributed by atoms with E-state index in [0.29, 0.717) is 37.4 Å². The van der Waals surface area contributed by atoms with Gasteiger partial charge in [-0.3, -0.25) is 9.52 Å². The highest BCUT2D eigenvalue weighted by Crippen LogP contribution is 2.28. The molecule has 0 bridgehead atoms. The number of anilines is 2. The zero-order valence-electron chi connectivity index (χ0n) is 19.9. The Balaban J connectivity index is 1.23. The maximum Gasteiger partial charge on any atom is 0.261 e. The van der Waals surface area contributed by atoms with E-state index in [2.05, 4.69) is 9.62 Å². The highest BCUT2D eigenvalue weighted by Gasteiger charge is 2.24. The fraction of sp³-hybridized carbons (Fsp3) is 0.179. The maximum atomic E-state index is 13.1. The summed E-state index contributed by atoms with van der Waals surface area (Å²) in [6.45, 7) is 2.59. The fourth-order valence-corrected chi connectivity index (χ4v) is 5.55. The van der Waals surface area contributed by atoms with Crippen molar-refractivity contribution < 1.29 is 17.9 Å². The fourth-order valence-electron chi connectivity index (χ4n) is 4.45. The van der Waals surface area contributed by atoms with Gasteiger partial charge in [-0.25, -0.2) is 8.42 Å². The zero-order chi connectivity index (χ0) is 25.1. The molecule has 0 unspecified atom stereocenters. The molecule has 4 aromatic carbocycles. The van der Waals surface area contributed by atoms with E-state index in [-0.39, 0.29) is 10.8 Å². The van der Waals surface area contributed by atoms with Crippen LogP contribution in [0.5, 0.6) is 5.75 Å². The highest BCUT2D eigenvalue weighted by molar-refractivity contribution is 7.92. The Morgan fingerprint density at radius 2 is 1.47 bits per heavy atom. The summed E-state index contributed by atoms with van der Waals surface area (Å²) in [5, 5.41) is 1.83. The Labute approximate surface area is 211 Å². The van der Waals surface area contributed by atoms with E-state index in [4.69, 9.17) is 4.74 Å². The van der Waals surface area contributed by atoms with Gasteiger partial charge in [0.25, 0.3) is 15.9 Å². The number of carbonyl (C=O) groups excluding carboxylic acids is 1. The summed E-state index contributed by atoms with van der Waals surface area (Å²) in [5.74, 6) is 0.748. The van der Waals surface area contributed by atoms with Crippen LogP contribution in [0.4, 0.5) is 11.4 Å². The zero-order valence-corrected chi connectivity index (χ0v) is 20.7. The third-order valence-corrected chi connectivity index (χ3v) is 7.79. The van der Waals surface area contributed by atoms with Crippen LogP contribution in [0.1, 0.15) is 10.4 Å². The molecule has 0 aromatic heterocycles. The van der Waals surface area contributed by atoms with Crippen LogP contribution in [-0.4, -0.2) is 52.5 Å². The molecule has 0 saturated carbocycles.